The summed E-state index contributed by atoms with van der Waals surface area (Å²) in [6, 6.07) is 8.32. The quantitative estimate of drug-likeness (QED) is 0.672. The lowest BCUT2D eigenvalue weighted by molar-refractivity contribution is -0.0504. The fourth-order valence-electron chi connectivity index (χ4n) is 3.48. The highest BCUT2D eigenvalue weighted by molar-refractivity contribution is 6.10. The van der Waals surface area contributed by atoms with E-state index in [1.807, 2.05) is 0 Å². The van der Waals surface area contributed by atoms with Crippen LogP contribution in [0.2, 0.25) is 0 Å². The van der Waals surface area contributed by atoms with Crippen LogP contribution in [-0.2, 0) is 6.42 Å². The Balaban J connectivity index is 1.75. The van der Waals surface area contributed by atoms with Crippen molar-refractivity contribution in [3.8, 4) is 17.0 Å². The number of aryl methyl sites for hydroxylation is 1. The predicted molar refractivity (Wildman–Crippen MR) is 97.5 cm³/mol. The molecule has 1 aliphatic rings. The van der Waals surface area contributed by atoms with Crippen molar-refractivity contribution >= 4 is 11.6 Å². The smallest absolute Gasteiger partial charge is 0.387 e. The zero-order valence-corrected chi connectivity index (χ0v) is 15.1. The number of hydrogen-bond donors (Lipinski definition) is 0. The number of amides is 1. The molecule has 0 fully saturated rings. The van der Waals surface area contributed by atoms with Crippen molar-refractivity contribution in [2.24, 2.45) is 0 Å². The van der Waals surface area contributed by atoms with Gasteiger partial charge < -0.3 is 14.2 Å². The average molecular weight is 385 g/mol. The predicted octanol–water partition coefficient (Wildman–Crippen LogP) is 4.24. The van der Waals surface area contributed by atoms with E-state index in [1.165, 1.54) is 6.07 Å². The lowest BCUT2D eigenvalue weighted by Crippen LogP contribution is -2.36. The Morgan fingerprint density at radius 3 is 2.79 bits per heavy atom. The van der Waals surface area contributed by atoms with Gasteiger partial charge in [-0.15, -0.1) is 0 Å². The minimum atomic E-state index is -2.92. The average Bonchev–Trinajstić information content (AvgIpc) is 3.09. The van der Waals surface area contributed by atoms with Crippen LogP contribution in [0.1, 0.15) is 28.1 Å². The minimum absolute atomic E-state index is 0.0985. The zero-order chi connectivity index (χ0) is 19.7. The molecule has 0 N–H and O–H groups in total. The van der Waals surface area contributed by atoms with Gasteiger partial charge >= 0.3 is 6.61 Å². The van der Waals surface area contributed by atoms with Crippen LogP contribution in [0.5, 0.6) is 5.75 Å². The number of alkyl halides is 2. The molecule has 0 atom stereocenters. The van der Waals surface area contributed by atoms with E-state index in [0.717, 1.165) is 0 Å². The maximum atomic E-state index is 13.4. The molecule has 3 aromatic rings. The third-order valence-electron chi connectivity index (χ3n) is 4.70. The first kappa shape index (κ1) is 18.1. The number of carbonyl (C=O) groups excluding carboxylic acids is 1. The number of aromatic nitrogens is 2. The molecule has 2 aromatic heterocycles. The molecule has 0 unspecified atom stereocenters. The summed E-state index contributed by atoms with van der Waals surface area (Å²) in [7, 11) is 0. The zero-order valence-electron chi connectivity index (χ0n) is 15.1. The van der Waals surface area contributed by atoms with Crippen LogP contribution in [0, 0.1) is 6.92 Å². The van der Waals surface area contributed by atoms with Gasteiger partial charge in [0.1, 0.15) is 22.8 Å². The Labute approximate surface area is 159 Å². The molecule has 1 aromatic carbocycles. The summed E-state index contributed by atoms with van der Waals surface area (Å²) < 4.78 is 35.4. The van der Waals surface area contributed by atoms with Crippen LogP contribution >= 0.6 is 0 Å². The summed E-state index contributed by atoms with van der Waals surface area (Å²) in [5.41, 5.74) is 2.65. The Kier molecular flexibility index (Phi) is 4.77. The topological polar surface area (TPSA) is 68.5 Å². The molecule has 3 heterocycles. The summed E-state index contributed by atoms with van der Waals surface area (Å²) in [4.78, 5) is 18.9. The van der Waals surface area contributed by atoms with Crippen LogP contribution in [-0.4, -0.2) is 29.2 Å². The van der Waals surface area contributed by atoms with Crippen LogP contribution in [0.4, 0.5) is 14.5 Å². The summed E-state index contributed by atoms with van der Waals surface area (Å²) in [6.45, 7) is -0.785. The summed E-state index contributed by atoms with van der Waals surface area (Å²) in [5.74, 6) is 0.200. The summed E-state index contributed by atoms with van der Waals surface area (Å²) in [6.07, 6.45) is 4.41. The van der Waals surface area contributed by atoms with Gasteiger partial charge in [-0.25, -0.2) is 0 Å². The Hall–Kier alpha value is -3.29. The summed E-state index contributed by atoms with van der Waals surface area (Å²) >= 11 is 0. The maximum absolute atomic E-state index is 13.4. The van der Waals surface area contributed by atoms with E-state index in [2.05, 4.69) is 14.9 Å². The van der Waals surface area contributed by atoms with Crippen molar-refractivity contribution in [1.29, 1.82) is 0 Å². The van der Waals surface area contributed by atoms with Gasteiger partial charge in [0.2, 0.25) is 0 Å². The van der Waals surface area contributed by atoms with E-state index < -0.39 is 6.61 Å². The van der Waals surface area contributed by atoms with Gasteiger partial charge in [0, 0.05) is 30.1 Å². The number of halogens is 2. The summed E-state index contributed by atoms with van der Waals surface area (Å²) in [5, 5.41) is 4.04. The molecule has 0 saturated carbocycles. The first-order chi connectivity index (χ1) is 13.6. The molecule has 0 bridgehead atoms. The highest BCUT2D eigenvalue weighted by Gasteiger charge is 2.31. The van der Waals surface area contributed by atoms with E-state index in [4.69, 9.17) is 4.52 Å². The highest BCUT2D eigenvalue weighted by Crippen LogP contribution is 2.37. The molecule has 0 radical (unpaired) electrons. The van der Waals surface area contributed by atoms with Crippen LogP contribution in [0.15, 0.2) is 47.2 Å². The Morgan fingerprint density at radius 1 is 1.25 bits per heavy atom. The van der Waals surface area contributed by atoms with Gasteiger partial charge in [-0.05, 0) is 44.0 Å². The van der Waals surface area contributed by atoms with Gasteiger partial charge in [-0.1, -0.05) is 11.2 Å². The normalized spacial score (nSPS) is 13.5. The van der Waals surface area contributed by atoms with E-state index in [1.54, 1.807) is 48.5 Å². The molecule has 144 valence electrons. The third kappa shape index (κ3) is 3.21. The van der Waals surface area contributed by atoms with Crippen molar-refractivity contribution in [3.63, 3.8) is 0 Å². The maximum Gasteiger partial charge on any atom is 0.387 e. The van der Waals surface area contributed by atoms with Crippen molar-refractivity contribution in [3.05, 3.63) is 59.6 Å². The molecule has 28 heavy (non-hydrogen) atoms. The molecule has 1 amide bonds. The standard InChI is InChI=1S/C20H17F2N3O3/c1-12-17(18(24-28-12)13-7-9-23-10-8-13)19(26)25-11-3-4-14-15(25)5-2-6-16(14)27-20(21)22/h2,5-10,20H,3-4,11H2,1H3. The van der Waals surface area contributed by atoms with E-state index in [-0.39, 0.29) is 11.7 Å². The van der Waals surface area contributed by atoms with Gasteiger partial charge in [0.15, 0.2) is 0 Å². The number of rotatable bonds is 4. The van der Waals surface area contributed by atoms with Crippen molar-refractivity contribution in [1.82, 2.24) is 10.1 Å². The SMILES string of the molecule is Cc1onc(-c2ccncc2)c1C(=O)N1CCCc2c(OC(F)F)cccc21. The Morgan fingerprint density at radius 2 is 2.04 bits per heavy atom. The molecular weight excluding hydrogens is 368 g/mol. The van der Waals surface area contributed by atoms with Crippen LogP contribution < -0.4 is 9.64 Å². The van der Waals surface area contributed by atoms with E-state index in [0.29, 0.717) is 53.2 Å². The molecule has 6 nitrogen and oxygen atoms in total. The number of benzene rings is 1. The van der Waals surface area contributed by atoms with Crippen LogP contribution in [0.25, 0.3) is 11.3 Å². The fraction of sp³-hybridized carbons (Fsp3) is 0.250. The number of nitrogens with zero attached hydrogens (tertiary/aromatic N) is 3. The lowest BCUT2D eigenvalue weighted by Gasteiger charge is -2.30. The fourth-order valence-corrected chi connectivity index (χ4v) is 3.48. The minimum Gasteiger partial charge on any atom is -0.434 e. The van der Waals surface area contributed by atoms with Crippen molar-refractivity contribution in [2.75, 3.05) is 11.4 Å². The molecule has 8 heteroatoms. The van der Waals surface area contributed by atoms with Gasteiger partial charge in [-0.2, -0.15) is 8.78 Å². The van der Waals surface area contributed by atoms with Crippen LogP contribution in [0.3, 0.4) is 0 Å². The third-order valence-corrected chi connectivity index (χ3v) is 4.70. The number of anilines is 1. The number of ether oxygens (including phenoxy) is 1. The second-order valence-electron chi connectivity index (χ2n) is 6.39. The van der Waals surface area contributed by atoms with Gasteiger partial charge in [-0.3, -0.25) is 9.78 Å². The first-order valence-electron chi connectivity index (χ1n) is 8.81. The number of hydrogen-bond acceptors (Lipinski definition) is 5. The van der Waals surface area contributed by atoms with Crippen molar-refractivity contribution in [2.45, 2.75) is 26.4 Å². The molecule has 1 aliphatic heterocycles. The number of carbonyl (C=O) groups is 1. The lowest BCUT2D eigenvalue weighted by atomic mass is 9.98. The largest absolute Gasteiger partial charge is 0.434 e. The molecule has 0 saturated heterocycles. The molecular formula is C20H17F2N3O3. The molecule has 4 rings (SSSR count). The highest BCUT2D eigenvalue weighted by atomic mass is 19.3. The monoisotopic (exact) mass is 385 g/mol. The Bertz CT molecular complexity index is 1010. The van der Waals surface area contributed by atoms with E-state index in [9.17, 15) is 13.6 Å². The molecule has 0 spiro atoms. The van der Waals surface area contributed by atoms with Gasteiger partial charge in [0.05, 0.1) is 5.69 Å². The number of fused-ring (bicyclic) bond motifs is 1. The second kappa shape index (κ2) is 7.38. The number of pyridine rings is 1. The first-order valence-corrected chi connectivity index (χ1v) is 8.81. The van der Waals surface area contributed by atoms with Gasteiger partial charge in [0.25, 0.3) is 5.91 Å². The second-order valence-corrected chi connectivity index (χ2v) is 6.39. The van der Waals surface area contributed by atoms with E-state index >= 15 is 0 Å². The van der Waals surface area contributed by atoms with Crippen molar-refractivity contribution < 1.29 is 22.8 Å². The molecule has 0 aliphatic carbocycles.